The molecular weight excluding hydrogens is 588 g/mol. The van der Waals surface area contributed by atoms with Crippen molar-refractivity contribution in [3.05, 3.63) is 76.9 Å². The average molecular weight is 618 g/mol. The Morgan fingerprint density at radius 1 is 1.05 bits per heavy atom. The first-order valence-corrected chi connectivity index (χ1v) is 13.8. The van der Waals surface area contributed by atoms with E-state index in [9.17, 15) is 9.59 Å². The van der Waals surface area contributed by atoms with E-state index in [4.69, 9.17) is 23.7 Å². The molecule has 4 rings (SSSR count). The number of fused-ring (bicyclic) bond motifs is 1. The van der Waals surface area contributed by atoms with Gasteiger partial charge in [0.25, 0.3) is 5.56 Å². The Kier molecular flexibility index (Phi) is 8.81. The summed E-state index contributed by atoms with van der Waals surface area (Å²) in [7, 11) is 4.67. The van der Waals surface area contributed by atoms with Gasteiger partial charge in [-0.1, -0.05) is 27.3 Å². The van der Waals surface area contributed by atoms with Crippen molar-refractivity contribution in [2.45, 2.75) is 26.8 Å². The van der Waals surface area contributed by atoms with Gasteiger partial charge in [0.05, 0.1) is 56.4 Å². The molecule has 0 N–H and O–H groups in total. The van der Waals surface area contributed by atoms with E-state index in [1.165, 1.54) is 23.0 Å². The predicted molar refractivity (Wildman–Crippen MR) is 152 cm³/mol. The van der Waals surface area contributed by atoms with Gasteiger partial charge in [-0.3, -0.25) is 9.36 Å². The van der Waals surface area contributed by atoms with Gasteiger partial charge in [-0.05, 0) is 62.7 Å². The fourth-order valence-corrected chi connectivity index (χ4v) is 5.94. The summed E-state index contributed by atoms with van der Waals surface area (Å²) >= 11 is 4.85. The number of hydrogen-bond acceptors (Lipinski definition) is 9. The van der Waals surface area contributed by atoms with Crippen LogP contribution < -0.4 is 33.8 Å². The molecule has 0 saturated carbocycles. The Labute approximate surface area is 238 Å². The lowest BCUT2D eigenvalue weighted by Crippen LogP contribution is -2.40. The number of hydrogen-bond donors (Lipinski definition) is 0. The third-order valence-corrected chi connectivity index (χ3v) is 7.79. The molecule has 0 spiro atoms. The number of aromatic nitrogens is 1. The molecule has 0 bridgehead atoms. The summed E-state index contributed by atoms with van der Waals surface area (Å²) < 4.78 is 30.1. The van der Waals surface area contributed by atoms with Crippen molar-refractivity contribution in [3.63, 3.8) is 0 Å². The SMILES string of the molecule is CCOC(=O)C1=C(C)N=c2s/c(=C/c3cc(OC)ccc3OC)c(=O)n2[C@@H]1c1cc(OC)c(OCC)cc1Br. The minimum absolute atomic E-state index is 0.177. The molecule has 206 valence electrons. The highest BCUT2D eigenvalue weighted by atomic mass is 79.9. The van der Waals surface area contributed by atoms with Crippen LogP contribution in [0.4, 0.5) is 0 Å². The molecule has 0 aliphatic carbocycles. The summed E-state index contributed by atoms with van der Waals surface area (Å²) in [6.45, 7) is 5.96. The topological polar surface area (TPSA) is 97.6 Å². The van der Waals surface area contributed by atoms with E-state index in [1.807, 2.05) is 6.92 Å². The molecule has 2 aromatic carbocycles. The van der Waals surface area contributed by atoms with Crippen LogP contribution >= 0.6 is 27.3 Å². The van der Waals surface area contributed by atoms with Crippen LogP contribution in [0, 0.1) is 0 Å². The molecule has 0 unspecified atom stereocenters. The summed E-state index contributed by atoms with van der Waals surface area (Å²) in [6, 6.07) is 8.05. The zero-order chi connectivity index (χ0) is 28.3. The first kappa shape index (κ1) is 28.4. The summed E-state index contributed by atoms with van der Waals surface area (Å²) in [6.07, 6.45) is 1.74. The number of carbonyl (C=O) groups excluding carboxylic acids is 1. The molecule has 1 atom stereocenters. The van der Waals surface area contributed by atoms with Gasteiger partial charge in [-0.2, -0.15) is 0 Å². The number of rotatable bonds is 9. The van der Waals surface area contributed by atoms with E-state index in [0.717, 1.165) is 0 Å². The van der Waals surface area contributed by atoms with Crippen molar-refractivity contribution in [1.29, 1.82) is 0 Å². The maximum absolute atomic E-state index is 14.0. The number of thiazole rings is 1. The number of methoxy groups -OCH3 is 3. The summed E-state index contributed by atoms with van der Waals surface area (Å²) in [5.41, 5.74) is 1.71. The first-order valence-electron chi connectivity index (χ1n) is 12.2. The van der Waals surface area contributed by atoms with Crippen molar-refractivity contribution in [3.8, 4) is 23.0 Å². The lowest BCUT2D eigenvalue weighted by atomic mass is 9.95. The Balaban J connectivity index is 2.01. The molecule has 9 nitrogen and oxygen atoms in total. The maximum Gasteiger partial charge on any atom is 0.338 e. The van der Waals surface area contributed by atoms with Gasteiger partial charge in [0.1, 0.15) is 11.5 Å². The number of esters is 1. The minimum atomic E-state index is -0.825. The zero-order valence-corrected chi connectivity index (χ0v) is 24.9. The lowest BCUT2D eigenvalue weighted by Gasteiger charge is -2.26. The monoisotopic (exact) mass is 616 g/mol. The Hall–Kier alpha value is -3.57. The Bertz CT molecular complexity index is 1620. The van der Waals surface area contributed by atoms with Gasteiger partial charge in [0, 0.05) is 10.0 Å². The molecule has 11 heteroatoms. The normalized spacial score (nSPS) is 14.9. The quantitative estimate of drug-likeness (QED) is 0.335. The Morgan fingerprint density at radius 2 is 1.79 bits per heavy atom. The fourth-order valence-electron chi connectivity index (χ4n) is 4.37. The van der Waals surface area contributed by atoms with Gasteiger partial charge in [-0.25, -0.2) is 9.79 Å². The van der Waals surface area contributed by atoms with Crippen molar-refractivity contribution in [1.82, 2.24) is 4.57 Å². The largest absolute Gasteiger partial charge is 0.497 e. The Morgan fingerprint density at radius 3 is 2.44 bits per heavy atom. The van der Waals surface area contributed by atoms with E-state index in [1.54, 1.807) is 64.5 Å². The van der Waals surface area contributed by atoms with Crippen molar-refractivity contribution in [2.75, 3.05) is 34.5 Å². The predicted octanol–water partition coefficient (Wildman–Crippen LogP) is 3.99. The van der Waals surface area contributed by atoms with Crippen LogP contribution in [0.5, 0.6) is 23.0 Å². The second-order valence-electron chi connectivity index (χ2n) is 8.37. The van der Waals surface area contributed by atoms with Crippen molar-refractivity contribution >= 4 is 39.3 Å². The molecule has 39 heavy (non-hydrogen) atoms. The number of nitrogens with zero attached hydrogens (tertiary/aromatic N) is 2. The summed E-state index contributed by atoms with van der Waals surface area (Å²) in [5.74, 6) is 1.66. The zero-order valence-electron chi connectivity index (χ0n) is 22.5. The molecule has 1 aliphatic heterocycles. The highest BCUT2D eigenvalue weighted by Crippen LogP contribution is 2.41. The van der Waals surface area contributed by atoms with E-state index in [0.29, 0.717) is 60.2 Å². The number of benzene rings is 2. The van der Waals surface area contributed by atoms with E-state index < -0.39 is 12.0 Å². The second-order valence-corrected chi connectivity index (χ2v) is 10.2. The standard InChI is InChI=1S/C28H29BrN2O7S/c1-7-37-22-14-19(29)18(13-21(22)36-6)25-24(27(33)38-8-2)15(3)30-28-31(25)26(32)23(39-28)12-16-11-17(34-4)9-10-20(16)35-5/h9-14,25H,7-8H2,1-6H3/b23-12+/t25-/m1/s1. The van der Waals surface area contributed by atoms with Crippen LogP contribution in [0.2, 0.25) is 0 Å². The molecule has 0 saturated heterocycles. The highest BCUT2D eigenvalue weighted by Gasteiger charge is 2.35. The van der Waals surface area contributed by atoms with E-state index in [2.05, 4.69) is 20.9 Å². The number of halogens is 1. The second kappa shape index (κ2) is 12.1. The van der Waals surface area contributed by atoms with Crippen LogP contribution in [0.15, 0.2) is 55.9 Å². The molecule has 0 radical (unpaired) electrons. The number of ether oxygens (including phenoxy) is 5. The third-order valence-electron chi connectivity index (χ3n) is 6.12. The summed E-state index contributed by atoms with van der Waals surface area (Å²) in [4.78, 5) is 32.3. The molecule has 1 aliphatic rings. The van der Waals surface area contributed by atoms with Crippen LogP contribution in [0.25, 0.3) is 6.08 Å². The molecule has 2 heterocycles. The molecule has 1 aromatic heterocycles. The summed E-state index contributed by atoms with van der Waals surface area (Å²) in [5, 5.41) is 0. The van der Waals surface area contributed by atoms with E-state index in [-0.39, 0.29) is 17.7 Å². The van der Waals surface area contributed by atoms with Crippen LogP contribution in [0.1, 0.15) is 37.9 Å². The van der Waals surface area contributed by atoms with Crippen LogP contribution in [-0.2, 0) is 9.53 Å². The van der Waals surface area contributed by atoms with Gasteiger partial charge >= 0.3 is 5.97 Å². The molecular formula is C28H29BrN2O7S. The smallest absolute Gasteiger partial charge is 0.338 e. The number of allylic oxidation sites excluding steroid dienone is 1. The molecule has 0 amide bonds. The number of carbonyl (C=O) groups is 1. The van der Waals surface area contributed by atoms with Gasteiger partial charge in [0.15, 0.2) is 16.3 Å². The van der Waals surface area contributed by atoms with Gasteiger partial charge < -0.3 is 23.7 Å². The fraction of sp³-hybridized carbons (Fsp3) is 0.321. The van der Waals surface area contributed by atoms with Gasteiger partial charge in [0.2, 0.25) is 0 Å². The van der Waals surface area contributed by atoms with Crippen LogP contribution in [0.3, 0.4) is 0 Å². The third kappa shape index (κ3) is 5.46. The molecule has 3 aromatic rings. The minimum Gasteiger partial charge on any atom is -0.497 e. The first-order chi connectivity index (χ1) is 18.8. The van der Waals surface area contributed by atoms with Crippen molar-refractivity contribution < 1.29 is 28.5 Å². The highest BCUT2D eigenvalue weighted by molar-refractivity contribution is 9.10. The molecule has 0 fully saturated rings. The van der Waals surface area contributed by atoms with Crippen molar-refractivity contribution in [2.24, 2.45) is 4.99 Å². The lowest BCUT2D eigenvalue weighted by molar-refractivity contribution is -0.139. The van der Waals surface area contributed by atoms with E-state index >= 15 is 0 Å². The van der Waals surface area contributed by atoms with Crippen LogP contribution in [-0.4, -0.2) is 45.1 Å². The maximum atomic E-state index is 14.0. The van der Waals surface area contributed by atoms with Gasteiger partial charge in [-0.15, -0.1) is 0 Å². The average Bonchev–Trinajstić information content (AvgIpc) is 3.22.